The van der Waals surface area contributed by atoms with Crippen LogP contribution in [0.5, 0.6) is 5.75 Å². The number of carbonyl (C=O) groups excluding carboxylic acids is 2. The molecular formula is C22H24ClN3O5. The van der Waals surface area contributed by atoms with Gasteiger partial charge < -0.3 is 26.2 Å². The van der Waals surface area contributed by atoms with Gasteiger partial charge in [-0.2, -0.15) is 0 Å². The fourth-order valence-corrected chi connectivity index (χ4v) is 3.12. The Hall–Kier alpha value is -3.52. The number of amides is 2. The lowest BCUT2D eigenvalue weighted by Gasteiger charge is -2.16. The second-order valence-electron chi connectivity index (χ2n) is 6.89. The van der Waals surface area contributed by atoms with Gasteiger partial charge in [-0.05, 0) is 49.0 Å². The number of phenols is 1. The van der Waals surface area contributed by atoms with Gasteiger partial charge in [0.25, 0.3) is 11.8 Å². The van der Waals surface area contributed by atoms with Gasteiger partial charge in [0.2, 0.25) is 0 Å². The average molecular weight is 446 g/mol. The van der Waals surface area contributed by atoms with Crippen molar-refractivity contribution in [2.45, 2.75) is 25.9 Å². The van der Waals surface area contributed by atoms with Crippen LogP contribution in [-0.2, 0) is 11.3 Å². The average Bonchev–Trinajstić information content (AvgIpc) is 2.71. The minimum Gasteiger partial charge on any atom is -0.508 e. The van der Waals surface area contributed by atoms with Crippen LogP contribution >= 0.6 is 11.6 Å². The zero-order chi connectivity index (χ0) is 23.0. The van der Waals surface area contributed by atoms with Crippen molar-refractivity contribution in [1.82, 2.24) is 16.0 Å². The third-order valence-electron chi connectivity index (χ3n) is 4.36. The van der Waals surface area contributed by atoms with Crippen LogP contribution in [0.15, 0.2) is 54.2 Å². The van der Waals surface area contributed by atoms with E-state index in [4.69, 9.17) is 11.6 Å². The maximum absolute atomic E-state index is 12.5. The molecule has 2 aromatic rings. The molecule has 8 nitrogen and oxygen atoms in total. The van der Waals surface area contributed by atoms with E-state index in [1.54, 1.807) is 32.3 Å². The molecule has 0 spiro atoms. The summed E-state index contributed by atoms with van der Waals surface area (Å²) in [5.74, 6) is -2.13. The Labute approximate surface area is 184 Å². The molecule has 31 heavy (non-hydrogen) atoms. The van der Waals surface area contributed by atoms with Crippen LogP contribution in [0.25, 0.3) is 0 Å². The number of carboxylic acid groups (broad SMARTS) is 1. The summed E-state index contributed by atoms with van der Waals surface area (Å²) >= 11 is 6.18. The largest absolute Gasteiger partial charge is 0.508 e. The minimum atomic E-state index is -1.17. The third kappa shape index (κ3) is 7.04. The molecule has 0 radical (unpaired) electrons. The molecule has 0 saturated carbocycles. The van der Waals surface area contributed by atoms with Crippen molar-refractivity contribution in [3.05, 3.63) is 76.0 Å². The van der Waals surface area contributed by atoms with Gasteiger partial charge in [0.05, 0.1) is 10.6 Å². The Kier molecular flexibility index (Phi) is 8.45. The summed E-state index contributed by atoms with van der Waals surface area (Å²) in [6.07, 6.45) is 1.77. The number of hydrogen-bond donors (Lipinski definition) is 5. The predicted molar refractivity (Wildman–Crippen MR) is 117 cm³/mol. The molecule has 0 fully saturated rings. The minimum absolute atomic E-state index is 0.0223. The van der Waals surface area contributed by atoms with Crippen LogP contribution in [0.2, 0.25) is 5.02 Å². The van der Waals surface area contributed by atoms with E-state index < -0.39 is 23.8 Å². The summed E-state index contributed by atoms with van der Waals surface area (Å²) in [6, 6.07) is 9.51. The molecule has 164 valence electrons. The molecule has 0 aliphatic rings. The highest BCUT2D eigenvalue weighted by Gasteiger charge is 2.22. The molecule has 0 unspecified atom stereocenters. The molecule has 0 heterocycles. The molecule has 0 saturated heterocycles. The van der Waals surface area contributed by atoms with Crippen molar-refractivity contribution in [2.75, 3.05) is 7.05 Å². The molecule has 2 aromatic carbocycles. The van der Waals surface area contributed by atoms with Crippen LogP contribution in [0.3, 0.4) is 0 Å². The van der Waals surface area contributed by atoms with Gasteiger partial charge >= 0.3 is 5.97 Å². The number of aromatic hydroxyl groups is 1. The Balaban J connectivity index is 2.06. The zero-order valence-electron chi connectivity index (χ0n) is 17.1. The smallest absolute Gasteiger partial charge is 0.326 e. The molecule has 2 rings (SSSR count). The van der Waals surface area contributed by atoms with Crippen molar-refractivity contribution in [3.63, 3.8) is 0 Å². The fourth-order valence-electron chi connectivity index (χ4n) is 2.85. The monoisotopic (exact) mass is 445 g/mol. The van der Waals surface area contributed by atoms with Crippen LogP contribution in [0.4, 0.5) is 0 Å². The van der Waals surface area contributed by atoms with E-state index in [2.05, 4.69) is 16.0 Å². The topological polar surface area (TPSA) is 128 Å². The molecule has 5 N–H and O–H groups in total. The normalized spacial score (nSPS) is 12.0. The van der Waals surface area contributed by atoms with Crippen LogP contribution in [-0.4, -0.2) is 41.1 Å². The Morgan fingerprint density at radius 1 is 1.13 bits per heavy atom. The van der Waals surface area contributed by atoms with Crippen molar-refractivity contribution in [3.8, 4) is 5.75 Å². The van der Waals surface area contributed by atoms with E-state index in [0.717, 1.165) is 11.1 Å². The van der Waals surface area contributed by atoms with Gasteiger partial charge in [-0.25, -0.2) is 4.79 Å². The van der Waals surface area contributed by atoms with Crippen molar-refractivity contribution in [1.29, 1.82) is 0 Å². The Morgan fingerprint density at radius 3 is 2.48 bits per heavy atom. The summed E-state index contributed by atoms with van der Waals surface area (Å²) in [4.78, 5) is 36.4. The number of aliphatic carboxylic acids is 1. The van der Waals surface area contributed by atoms with E-state index in [1.807, 2.05) is 0 Å². The van der Waals surface area contributed by atoms with Gasteiger partial charge in [-0.3, -0.25) is 9.59 Å². The SMILES string of the molecule is CN/C=C(\C)C[C@H](NC(=O)c1ccc(C(=O)NCc2cccc(O)c2)cc1Cl)C(=O)O. The molecule has 0 aliphatic heterocycles. The molecular weight excluding hydrogens is 422 g/mol. The van der Waals surface area contributed by atoms with Crippen molar-refractivity contribution >= 4 is 29.4 Å². The lowest BCUT2D eigenvalue weighted by atomic mass is 10.1. The standard InChI is InChI=1S/C22H24ClN3O5/c1-13(11-24-2)8-19(22(30)31)26-21(29)17-7-6-15(10-18(17)23)20(28)25-12-14-4-3-5-16(27)9-14/h3-7,9-11,19,24,27H,8,12H2,1-2H3,(H,25,28)(H,26,29)(H,30,31)/b13-11+/t19-/m0/s1. The molecule has 9 heteroatoms. The maximum Gasteiger partial charge on any atom is 0.326 e. The lowest BCUT2D eigenvalue weighted by molar-refractivity contribution is -0.139. The summed E-state index contributed by atoms with van der Waals surface area (Å²) < 4.78 is 0. The van der Waals surface area contributed by atoms with Crippen LogP contribution in [0.1, 0.15) is 39.6 Å². The van der Waals surface area contributed by atoms with E-state index in [-0.39, 0.29) is 34.9 Å². The van der Waals surface area contributed by atoms with E-state index in [9.17, 15) is 24.6 Å². The second-order valence-corrected chi connectivity index (χ2v) is 7.30. The Morgan fingerprint density at radius 2 is 1.87 bits per heavy atom. The molecule has 0 aromatic heterocycles. The van der Waals surface area contributed by atoms with Gasteiger partial charge in [-0.1, -0.05) is 29.3 Å². The first kappa shape index (κ1) is 23.8. The number of nitrogens with one attached hydrogen (secondary N) is 3. The molecule has 0 bridgehead atoms. The van der Waals surface area contributed by atoms with E-state index in [0.29, 0.717) is 0 Å². The summed E-state index contributed by atoms with van der Waals surface area (Å²) in [6.45, 7) is 1.95. The van der Waals surface area contributed by atoms with Gasteiger partial charge in [-0.15, -0.1) is 0 Å². The quantitative estimate of drug-likeness (QED) is 0.403. The van der Waals surface area contributed by atoms with Crippen LogP contribution in [0, 0.1) is 0 Å². The number of halogens is 1. The summed E-state index contributed by atoms with van der Waals surface area (Å²) in [5, 5.41) is 26.8. The number of hydrogen-bond acceptors (Lipinski definition) is 5. The number of carbonyl (C=O) groups is 3. The van der Waals surface area contributed by atoms with Crippen molar-refractivity contribution in [2.24, 2.45) is 0 Å². The highest BCUT2D eigenvalue weighted by Crippen LogP contribution is 2.19. The number of phenolic OH excluding ortho intramolecular Hbond substituents is 1. The number of benzene rings is 2. The summed E-state index contributed by atoms with van der Waals surface area (Å²) in [5.41, 5.74) is 1.77. The molecule has 1 atom stereocenters. The number of carboxylic acids is 1. The first-order valence-corrected chi connectivity index (χ1v) is 9.81. The first-order chi connectivity index (χ1) is 14.7. The first-order valence-electron chi connectivity index (χ1n) is 9.43. The van der Waals surface area contributed by atoms with Gasteiger partial charge in [0.1, 0.15) is 11.8 Å². The third-order valence-corrected chi connectivity index (χ3v) is 4.67. The highest BCUT2D eigenvalue weighted by molar-refractivity contribution is 6.34. The highest BCUT2D eigenvalue weighted by atomic mass is 35.5. The maximum atomic E-state index is 12.5. The zero-order valence-corrected chi connectivity index (χ0v) is 17.9. The second kappa shape index (κ2) is 11.0. The molecule has 2 amide bonds. The molecule has 0 aliphatic carbocycles. The van der Waals surface area contributed by atoms with Crippen LogP contribution < -0.4 is 16.0 Å². The van der Waals surface area contributed by atoms with Crippen molar-refractivity contribution < 1.29 is 24.6 Å². The fraction of sp³-hybridized carbons (Fsp3) is 0.227. The van der Waals surface area contributed by atoms with E-state index >= 15 is 0 Å². The lowest BCUT2D eigenvalue weighted by Crippen LogP contribution is -2.41. The number of rotatable bonds is 9. The van der Waals surface area contributed by atoms with Gasteiger partial charge in [0.15, 0.2) is 0 Å². The summed E-state index contributed by atoms with van der Waals surface area (Å²) in [7, 11) is 1.69. The predicted octanol–water partition coefficient (Wildman–Crippen LogP) is 2.67. The van der Waals surface area contributed by atoms with Gasteiger partial charge in [0, 0.05) is 25.6 Å². The Bertz CT molecular complexity index is 1010. The van der Waals surface area contributed by atoms with E-state index in [1.165, 1.54) is 30.3 Å².